The lowest BCUT2D eigenvalue weighted by molar-refractivity contribution is 0.171. The first-order chi connectivity index (χ1) is 11.7. The normalized spacial score (nSPS) is 12.6. The average molecular weight is 363 g/mol. The zero-order valence-corrected chi connectivity index (χ0v) is 15.0. The number of rotatable bonds is 4. The first-order valence-corrected chi connectivity index (χ1v) is 8.64. The molecule has 0 radical (unpaired) electrons. The Kier molecular flexibility index (Phi) is 5.43. The number of anilines is 1. The van der Waals surface area contributed by atoms with E-state index in [-0.39, 0.29) is 0 Å². The molecule has 126 valence electrons. The summed E-state index contributed by atoms with van der Waals surface area (Å²) in [6.07, 6.45) is 0. The molecule has 4 nitrogen and oxygen atoms in total. The van der Waals surface area contributed by atoms with E-state index in [2.05, 4.69) is 17.1 Å². The third-order valence-corrected chi connectivity index (χ3v) is 4.36. The van der Waals surface area contributed by atoms with Crippen LogP contribution in [0.15, 0.2) is 42.5 Å². The molecule has 0 saturated heterocycles. The molecule has 0 atom stereocenters. The summed E-state index contributed by atoms with van der Waals surface area (Å²) < 4.78 is 11.2. The van der Waals surface area contributed by atoms with Crippen molar-refractivity contribution in [1.82, 2.24) is 4.90 Å². The zero-order chi connectivity index (χ0) is 16.9. The molecule has 0 unspecified atom stereocenters. The molecule has 0 amide bonds. The summed E-state index contributed by atoms with van der Waals surface area (Å²) >= 11 is 11.4. The van der Waals surface area contributed by atoms with Crippen LogP contribution in [0, 0.1) is 0 Å². The van der Waals surface area contributed by atoms with Crippen LogP contribution in [-0.2, 0) is 6.54 Å². The summed E-state index contributed by atoms with van der Waals surface area (Å²) in [5.74, 6) is 1.60. The fourth-order valence-corrected chi connectivity index (χ4v) is 2.91. The number of nitrogens with zero attached hydrogens (tertiary/aromatic N) is 1. The highest BCUT2D eigenvalue weighted by atomic mass is 35.5. The van der Waals surface area contributed by atoms with E-state index < -0.39 is 0 Å². The van der Waals surface area contributed by atoms with E-state index in [1.54, 1.807) is 0 Å². The molecule has 0 spiro atoms. The van der Waals surface area contributed by atoms with Gasteiger partial charge in [-0.1, -0.05) is 17.7 Å². The number of thiocarbonyl (C=S) groups is 1. The van der Waals surface area contributed by atoms with E-state index in [0.717, 1.165) is 29.3 Å². The molecule has 1 aliphatic heterocycles. The minimum Gasteiger partial charge on any atom is -0.486 e. The monoisotopic (exact) mass is 362 g/mol. The van der Waals surface area contributed by atoms with E-state index in [9.17, 15) is 0 Å². The van der Waals surface area contributed by atoms with Crippen LogP contribution in [0.4, 0.5) is 5.69 Å². The molecule has 6 heteroatoms. The Hall–Kier alpha value is -1.98. The van der Waals surface area contributed by atoms with Crippen molar-refractivity contribution in [2.75, 3.05) is 25.1 Å². The lowest BCUT2D eigenvalue weighted by Gasteiger charge is -2.25. The number of ether oxygens (including phenoxy) is 2. The number of nitrogens with one attached hydrogen (secondary N) is 1. The van der Waals surface area contributed by atoms with Gasteiger partial charge >= 0.3 is 0 Å². The highest BCUT2D eigenvalue weighted by Crippen LogP contribution is 2.31. The summed E-state index contributed by atoms with van der Waals surface area (Å²) in [5.41, 5.74) is 2.05. The summed E-state index contributed by atoms with van der Waals surface area (Å²) in [4.78, 5) is 2.09. The van der Waals surface area contributed by atoms with E-state index in [0.29, 0.717) is 29.9 Å². The molecule has 0 bridgehead atoms. The minimum absolute atomic E-state index is 0.588. The molecule has 24 heavy (non-hydrogen) atoms. The molecule has 0 fully saturated rings. The Morgan fingerprint density at radius 3 is 2.54 bits per heavy atom. The quantitative estimate of drug-likeness (QED) is 0.819. The van der Waals surface area contributed by atoms with Gasteiger partial charge < -0.3 is 19.7 Å². The van der Waals surface area contributed by atoms with Gasteiger partial charge in [-0.25, -0.2) is 0 Å². The van der Waals surface area contributed by atoms with Crippen LogP contribution in [0.25, 0.3) is 0 Å². The molecular formula is C18H19ClN2O2S. The number of hydrogen-bond acceptors (Lipinski definition) is 3. The van der Waals surface area contributed by atoms with Crippen molar-refractivity contribution < 1.29 is 9.47 Å². The van der Waals surface area contributed by atoms with Crippen LogP contribution < -0.4 is 14.8 Å². The van der Waals surface area contributed by atoms with Crippen molar-refractivity contribution in [1.29, 1.82) is 0 Å². The molecule has 1 N–H and O–H groups in total. The Morgan fingerprint density at radius 1 is 1.12 bits per heavy atom. The predicted molar refractivity (Wildman–Crippen MR) is 101 cm³/mol. The molecule has 0 aromatic heterocycles. The lowest BCUT2D eigenvalue weighted by Crippen LogP contribution is -2.34. The third-order valence-electron chi connectivity index (χ3n) is 3.74. The maximum atomic E-state index is 5.91. The summed E-state index contributed by atoms with van der Waals surface area (Å²) in [7, 11) is 0. The standard InChI is InChI=1S/C18H19ClN2O2S/c1-2-21(18(24)20-15-6-4-14(19)5-7-15)12-13-3-8-16-17(11-13)23-10-9-22-16/h3-8,11H,2,9-10,12H2,1H3,(H,20,24). The van der Waals surface area contributed by atoms with Gasteiger partial charge in [0.05, 0.1) is 0 Å². The van der Waals surface area contributed by atoms with E-state index in [4.69, 9.17) is 33.3 Å². The highest BCUT2D eigenvalue weighted by Gasteiger charge is 2.14. The third kappa shape index (κ3) is 4.10. The SMILES string of the molecule is CCN(Cc1ccc2c(c1)OCCO2)C(=S)Nc1ccc(Cl)cc1. The topological polar surface area (TPSA) is 33.7 Å². The molecule has 1 aliphatic rings. The Morgan fingerprint density at radius 2 is 1.83 bits per heavy atom. The number of benzene rings is 2. The van der Waals surface area contributed by atoms with Crippen molar-refractivity contribution in [2.45, 2.75) is 13.5 Å². The Bertz CT molecular complexity index is 721. The maximum Gasteiger partial charge on any atom is 0.173 e. The Labute approximate surface area is 152 Å². The fraction of sp³-hybridized carbons (Fsp3) is 0.278. The molecule has 3 rings (SSSR count). The van der Waals surface area contributed by atoms with Gasteiger partial charge in [-0.05, 0) is 61.1 Å². The van der Waals surface area contributed by atoms with Crippen molar-refractivity contribution in [2.24, 2.45) is 0 Å². The molecule has 0 aliphatic carbocycles. The van der Waals surface area contributed by atoms with Crippen LogP contribution in [-0.4, -0.2) is 29.8 Å². The summed E-state index contributed by atoms with van der Waals surface area (Å²) in [6.45, 7) is 4.77. The molecule has 2 aromatic rings. The van der Waals surface area contributed by atoms with Crippen molar-refractivity contribution in [3.63, 3.8) is 0 Å². The summed E-state index contributed by atoms with van der Waals surface area (Å²) in [5, 5.41) is 4.62. The van der Waals surface area contributed by atoms with Crippen LogP contribution >= 0.6 is 23.8 Å². The van der Waals surface area contributed by atoms with E-state index in [1.807, 2.05) is 42.5 Å². The average Bonchev–Trinajstić information content (AvgIpc) is 2.61. The Balaban J connectivity index is 1.67. The summed E-state index contributed by atoms with van der Waals surface area (Å²) in [6, 6.07) is 13.5. The van der Waals surface area contributed by atoms with Gasteiger partial charge in [0.25, 0.3) is 0 Å². The fourth-order valence-electron chi connectivity index (χ4n) is 2.47. The van der Waals surface area contributed by atoms with Crippen LogP contribution in [0.1, 0.15) is 12.5 Å². The second-order valence-electron chi connectivity index (χ2n) is 5.43. The molecule has 2 aromatic carbocycles. The van der Waals surface area contributed by atoms with E-state index >= 15 is 0 Å². The maximum absolute atomic E-state index is 5.91. The number of hydrogen-bond donors (Lipinski definition) is 1. The second-order valence-corrected chi connectivity index (χ2v) is 6.25. The lowest BCUT2D eigenvalue weighted by atomic mass is 10.2. The molecule has 1 heterocycles. The molecular weight excluding hydrogens is 344 g/mol. The zero-order valence-electron chi connectivity index (χ0n) is 13.4. The van der Waals surface area contributed by atoms with Crippen molar-refractivity contribution in [3.05, 3.63) is 53.1 Å². The van der Waals surface area contributed by atoms with E-state index in [1.165, 1.54) is 0 Å². The predicted octanol–water partition coefficient (Wildman–Crippen LogP) is 4.33. The van der Waals surface area contributed by atoms with Gasteiger partial charge in [0, 0.05) is 23.8 Å². The largest absolute Gasteiger partial charge is 0.486 e. The minimum atomic E-state index is 0.588. The van der Waals surface area contributed by atoms with Gasteiger partial charge in [0.2, 0.25) is 0 Å². The molecule has 0 saturated carbocycles. The van der Waals surface area contributed by atoms with Crippen LogP contribution in [0.5, 0.6) is 11.5 Å². The van der Waals surface area contributed by atoms with Crippen LogP contribution in [0.2, 0.25) is 5.02 Å². The van der Waals surface area contributed by atoms with Gasteiger partial charge in [0.1, 0.15) is 13.2 Å². The van der Waals surface area contributed by atoms with Gasteiger partial charge in [-0.2, -0.15) is 0 Å². The second kappa shape index (κ2) is 7.73. The van der Waals surface area contributed by atoms with Crippen LogP contribution in [0.3, 0.4) is 0 Å². The smallest absolute Gasteiger partial charge is 0.173 e. The number of fused-ring (bicyclic) bond motifs is 1. The highest BCUT2D eigenvalue weighted by molar-refractivity contribution is 7.80. The first-order valence-electron chi connectivity index (χ1n) is 7.85. The van der Waals surface area contributed by atoms with Gasteiger partial charge in [-0.3, -0.25) is 0 Å². The number of halogens is 1. The van der Waals surface area contributed by atoms with Crippen molar-refractivity contribution in [3.8, 4) is 11.5 Å². The van der Waals surface area contributed by atoms with Crippen molar-refractivity contribution >= 4 is 34.6 Å². The first kappa shape index (κ1) is 16.9. The van der Waals surface area contributed by atoms with Gasteiger partial charge in [0.15, 0.2) is 16.6 Å². The van der Waals surface area contributed by atoms with Gasteiger partial charge in [-0.15, -0.1) is 0 Å².